The molecule has 4 heteroatoms. The number of nitrogens with two attached hydrogens (primary N) is 1. The van der Waals surface area contributed by atoms with Crippen LogP contribution in [-0.2, 0) is 0 Å². The van der Waals surface area contributed by atoms with Crippen molar-refractivity contribution in [3.05, 3.63) is 0 Å². The van der Waals surface area contributed by atoms with Gasteiger partial charge in [0.15, 0.2) is 0 Å². The van der Waals surface area contributed by atoms with E-state index in [0.717, 1.165) is 64.8 Å². The van der Waals surface area contributed by atoms with Crippen LogP contribution in [0.1, 0.15) is 32.1 Å². The normalized spacial score (nSPS) is 30.4. The van der Waals surface area contributed by atoms with Gasteiger partial charge in [-0.05, 0) is 51.7 Å². The van der Waals surface area contributed by atoms with Gasteiger partial charge in [-0.3, -0.25) is 0 Å². The van der Waals surface area contributed by atoms with Crippen molar-refractivity contribution >= 4 is 0 Å². The third kappa shape index (κ3) is 4.54. The van der Waals surface area contributed by atoms with Gasteiger partial charge in [0, 0.05) is 25.7 Å². The summed E-state index contributed by atoms with van der Waals surface area (Å²) in [5.41, 5.74) is 5.91. The molecule has 3 N–H and O–H groups in total. The maximum Gasteiger partial charge on any atom is 0.0553 e. The van der Waals surface area contributed by atoms with Crippen molar-refractivity contribution < 1.29 is 5.11 Å². The SMILES string of the molecule is NC1CCN(CCN2CCCC(O)CC2)CC1. The molecule has 1 unspecified atom stereocenters. The van der Waals surface area contributed by atoms with E-state index in [1.807, 2.05) is 0 Å². The van der Waals surface area contributed by atoms with Crippen LogP contribution in [-0.4, -0.2) is 66.3 Å². The van der Waals surface area contributed by atoms with Crippen molar-refractivity contribution in [1.29, 1.82) is 0 Å². The van der Waals surface area contributed by atoms with Crippen molar-refractivity contribution in [2.24, 2.45) is 5.73 Å². The molecule has 2 fully saturated rings. The van der Waals surface area contributed by atoms with Crippen LogP contribution in [0, 0.1) is 0 Å². The molecule has 0 aromatic heterocycles. The van der Waals surface area contributed by atoms with Crippen LogP contribution in [0.25, 0.3) is 0 Å². The highest BCUT2D eigenvalue weighted by atomic mass is 16.3. The first kappa shape index (κ1) is 13.3. The largest absolute Gasteiger partial charge is 0.393 e. The minimum Gasteiger partial charge on any atom is -0.393 e. The average Bonchev–Trinajstić information content (AvgIpc) is 2.54. The van der Waals surface area contributed by atoms with E-state index in [2.05, 4.69) is 9.80 Å². The fourth-order valence-corrected chi connectivity index (χ4v) is 2.82. The maximum atomic E-state index is 9.60. The Balaban J connectivity index is 1.64. The Kier molecular flexibility index (Phi) is 5.22. The fourth-order valence-electron chi connectivity index (χ4n) is 2.82. The number of nitrogens with zero attached hydrogens (tertiary/aromatic N) is 2. The molecule has 2 rings (SSSR count). The van der Waals surface area contributed by atoms with Crippen molar-refractivity contribution in [2.75, 3.05) is 39.3 Å². The summed E-state index contributed by atoms with van der Waals surface area (Å²) >= 11 is 0. The Bertz CT molecular complexity index is 217. The van der Waals surface area contributed by atoms with E-state index in [4.69, 9.17) is 5.73 Å². The Morgan fingerprint density at radius 3 is 2.18 bits per heavy atom. The molecule has 0 radical (unpaired) electrons. The zero-order valence-corrected chi connectivity index (χ0v) is 10.9. The first-order valence-electron chi connectivity index (χ1n) is 7.12. The van der Waals surface area contributed by atoms with E-state index in [1.54, 1.807) is 0 Å². The van der Waals surface area contributed by atoms with Crippen LogP contribution in [0.15, 0.2) is 0 Å². The molecule has 0 spiro atoms. The predicted molar refractivity (Wildman–Crippen MR) is 69.9 cm³/mol. The van der Waals surface area contributed by atoms with Gasteiger partial charge in [0.25, 0.3) is 0 Å². The lowest BCUT2D eigenvalue weighted by Crippen LogP contribution is -2.43. The van der Waals surface area contributed by atoms with Crippen LogP contribution >= 0.6 is 0 Å². The van der Waals surface area contributed by atoms with Crippen LogP contribution in [0.5, 0.6) is 0 Å². The van der Waals surface area contributed by atoms with Crippen molar-refractivity contribution in [3.8, 4) is 0 Å². The molecule has 0 aromatic carbocycles. The van der Waals surface area contributed by atoms with Gasteiger partial charge in [-0.2, -0.15) is 0 Å². The summed E-state index contributed by atoms with van der Waals surface area (Å²) in [5.74, 6) is 0. The summed E-state index contributed by atoms with van der Waals surface area (Å²) in [4.78, 5) is 5.04. The summed E-state index contributed by atoms with van der Waals surface area (Å²) in [6, 6.07) is 0.430. The highest BCUT2D eigenvalue weighted by Crippen LogP contribution is 2.12. The number of aliphatic hydroxyl groups is 1. The molecule has 2 saturated heterocycles. The summed E-state index contributed by atoms with van der Waals surface area (Å²) < 4.78 is 0. The summed E-state index contributed by atoms with van der Waals surface area (Å²) in [6.45, 7) is 6.87. The van der Waals surface area contributed by atoms with Crippen LogP contribution in [0.4, 0.5) is 0 Å². The molecule has 0 amide bonds. The lowest BCUT2D eigenvalue weighted by atomic mass is 10.1. The summed E-state index contributed by atoms with van der Waals surface area (Å²) in [5, 5.41) is 9.60. The highest BCUT2D eigenvalue weighted by molar-refractivity contribution is 4.76. The van der Waals surface area contributed by atoms with E-state index < -0.39 is 0 Å². The second kappa shape index (κ2) is 6.69. The molecule has 0 aliphatic carbocycles. The van der Waals surface area contributed by atoms with E-state index in [1.165, 1.54) is 6.54 Å². The number of hydrogen-bond donors (Lipinski definition) is 2. The number of rotatable bonds is 3. The molecule has 0 saturated carbocycles. The quantitative estimate of drug-likeness (QED) is 0.744. The molecule has 0 aromatic rings. The second-order valence-electron chi connectivity index (χ2n) is 5.61. The van der Waals surface area contributed by atoms with Crippen molar-refractivity contribution in [1.82, 2.24) is 9.80 Å². The topological polar surface area (TPSA) is 52.7 Å². The van der Waals surface area contributed by atoms with Crippen molar-refractivity contribution in [3.63, 3.8) is 0 Å². The molecule has 4 nitrogen and oxygen atoms in total. The Morgan fingerprint density at radius 2 is 1.47 bits per heavy atom. The Labute approximate surface area is 105 Å². The molecule has 2 heterocycles. The second-order valence-corrected chi connectivity index (χ2v) is 5.61. The fraction of sp³-hybridized carbons (Fsp3) is 1.00. The van der Waals surface area contributed by atoms with E-state index in [-0.39, 0.29) is 6.10 Å². The Morgan fingerprint density at radius 1 is 0.882 bits per heavy atom. The zero-order valence-electron chi connectivity index (χ0n) is 10.9. The first-order chi connectivity index (χ1) is 8.24. The summed E-state index contributed by atoms with van der Waals surface area (Å²) in [6.07, 6.45) is 5.32. The van der Waals surface area contributed by atoms with E-state index in [9.17, 15) is 5.11 Å². The van der Waals surface area contributed by atoms with E-state index in [0.29, 0.717) is 6.04 Å². The Hall–Kier alpha value is -0.160. The van der Waals surface area contributed by atoms with Crippen LogP contribution < -0.4 is 5.73 Å². The average molecular weight is 241 g/mol. The maximum absolute atomic E-state index is 9.60. The molecule has 0 bridgehead atoms. The van der Waals surface area contributed by atoms with Gasteiger partial charge in [-0.1, -0.05) is 0 Å². The lowest BCUT2D eigenvalue weighted by molar-refractivity contribution is 0.149. The molecule has 17 heavy (non-hydrogen) atoms. The number of aliphatic hydroxyl groups excluding tert-OH is 1. The smallest absolute Gasteiger partial charge is 0.0553 e. The molecule has 100 valence electrons. The van der Waals surface area contributed by atoms with Crippen molar-refractivity contribution in [2.45, 2.75) is 44.2 Å². The molecule has 2 aliphatic rings. The van der Waals surface area contributed by atoms with Gasteiger partial charge in [-0.15, -0.1) is 0 Å². The van der Waals surface area contributed by atoms with Gasteiger partial charge >= 0.3 is 0 Å². The predicted octanol–water partition coefficient (Wildman–Crippen LogP) is 0.256. The number of piperidine rings is 1. The minimum absolute atomic E-state index is 0.0621. The number of hydrogen-bond acceptors (Lipinski definition) is 4. The zero-order chi connectivity index (χ0) is 12.1. The monoisotopic (exact) mass is 241 g/mol. The van der Waals surface area contributed by atoms with Gasteiger partial charge in [0.1, 0.15) is 0 Å². The van der Waals surface area contributed by atoms with Gasteiger partial charge in [0.2, 0.25) is 0 Å². The standard InChI is InChI=1S/C13H27N3O/c14-12-3-7-16(8-4-12)11-10-15-6-1-2-13(17)5-9-15/h12-13,17H,1-11,14H2. The van der Waals surface area contributed by atoms with Gasteiger partial charge in [-0.25, -0.2) is 0 Å². The van der Waals surface area contributed by atoms with Gasteiger partial charge < -0.3 is 20.6 Å². The molecular formula is C13H27N3O. The molecule has 1 atom stereocenters. The lowest BCUT2D eigenvalue weighted by Gasteiger charge is -2.32. The van der Waals surface area contributed by atoms with Crippen LogP contribution in [0.3, 0.4) is 0 Å². The third-order valence-corrected chi connectivity index (χ3v) is 4.15. The van der Waals surface area contributed by atoms with Crippen LogP contribution in [0.2, 0.25) is 0 Å². The number of likely N-dealkylation sites (tertiary alicyclic amines) is 2. The molecular weight excluding hydrogens is 214 g/mol. The first-order valence-corrected chi connectivity index (χ1v) is 7.12. The van der Waals surface area contributed by atoms with E-state index >= 15 is 0 Å². The molecule has 2 aliphatic heterocycles. The van der Waals surface area contributed by atoms with Gasteiger partial charge in [0.05, 0.1) is 6.10 Å². The third-order valence-electron chi connectivity index (χ3n) is 4.15. The minimum atomic E-state index is -0.0621. The highest BCUT2D eigenvalue weighted by Gasteiger charge is 2.18. The summed E-state index contributed by atoms with van der Waals surface area (Å²) in [7, 11) is 0.